The van der Waals surface area contributed by atoms with Crippen LogP contribution in [-0.4, -0.2) is 19.2 Å². The van der Waals surface area contributed by atoms with Crippen LogP contribution in [0.3, 0.4) is 0 Å². The maximum atomic E-state index is 6.21. The van der Waals surface area contributed by atoms with Crippen molar-refractivity contribution in [2.24, 2.45) is 0 Å². The molecule has 2 aromatic rings. The summed E-state index contributed by atoms with van der Waals surface area (Å²) in [6, 6.07) is 16.5. The molecule has 0 amide bonds. The molecular formula is C17H16Cl2NO. The van der Waals surface area contributed by atoms with Gasteiger partial charge in [0.1, 0.15) is 11.9 Å². The number of nitrogens with one attached hydrogen (secondary N) is 1. The zero-order valence-corrected chi connectivity index (χ0v) is 13.0. The van der Waals surface area contributed by atoms with E-state index in [1.165, 1.54) is 5.56 Å². The van der Waals surface area contributed by atoms with E-state index in [9.17, 15) is 0 Å². The van der Waals surface area contributed by atoms with Gasteiger partial charge in [-0.05, 0) is 42.8 Å². The minimum atomic E-state index is 0.0554. The molecular weight excluding hydrogens is 305 g/mol. The number of hydrogen-bond acceptors (Lipinski definition) is 2. The second-order valence-corrected chi connectivity index (χ2v) is 6.01. The quantitative estimate of drug-likeness (QED) is 0.909. The van der Waals surface area contributed by atoms with Crippen LogP contribution < -0.4 is 10.1 Å². The minimum Gasteiger partial charge on any atom is -0.487 e. The van der Waals surface area contributed by atoms with E-state index in [-0.39, 0.29) is 6.10 Å². The fraction of sp³-hybridized carbons (Fsp3) is 0.294. The lowest BCUT2D eigenvalue weighted by molar-refractivity contribution is 0.142. The number of piperidine rings is 1. The molecule has 0 saturated carbocycles. The molecule has 1 saturated heterocycles. The number of rotatable bonds is 3. The fourth-order valence-electron chi connectivity index (χ4n) is 2.72. The Morgan fingerprint density at radius 1 is 1.14 bits per heavy atom. The predicted molar refractivity (Wildman–Crippen MR) is 86.4 cm³/mol. The first kappa shape index (κ1) is 14.7. The molecule has 1 heterocycles. The molecule has 0 spiro atoms. The zero-order valence-electron chi connectivity index (χ0n) is 11.5. The monoisotopic (exact) mass is 320 g/mol. The molecule has 4 heteroatoms. The summed E-state index contributed by atoms with van der Waals surface area (Å²) in [5.74, 6) is 1.04. The van der Waals surface area contributed by atoms with Gasteiger partial charge >= 0.3 is 0 Å². The lowest BCUT2D eigenvalue weighted by atomic mass is 9.88. The number of benzene rings is 2. The van der Waals surface area contributed by atoms with Gasteiger partial charge in [0.2, 0.25) is 0 Å². The summed E-state index contributed by atoms with van der Waals surface area (Å²) < 4.78 is 6.14. The van der Waals surface area contributed by atoms with Crippen LogP contribution in [0.15, 0.2) is 42.5 Å². The Morgan fingerprint density at radius 3 is 2.71 bits per heavy atom. The van der Waals surface area contributed by atoms with Crippen molar-refractivity contribution >= 4 is 23.2 Å². The summed E-state index contributed by atoms with van der Waals surface area (Å²) in [6.45, 7) is 1.81. The largest absolute Gasteiger partial charge is 0.487 e. The smallest absolute Gasteiger partial charge is 0.138 e. The Hall–Kier alpha value is -1.22. The molecule has 1 N–H and O–H groups in total. The number of halogens is 2. The molecule has 2 atom stereocenters. The normalized spacial score (nSPS) is 22.0. The molecule has 1 aliphatic rings. The van der Waals surface area contributed by atoms with Gasteiger partial charge < -0.3 is 10.1 Å². The van der Waals surface area contributed by atoms with Crippen LogP contribution in [0.4, 0.5) is 0 Å². The third kappa shape index (κ3) is 3.52. The van der Waals surface area contributed by atoms with Crippen LogP contribution in [0.25, 0.3) is 0 Å². The van der Waals surface area contributed by atoms with Crippen molar-refractivity contribution in [1.82, 2.24) is 5.32 Å². The Morgan fingerprint density at radius 2 is 1.95 bits per heavy atom. The van der Waals surface area contributed by atoms with Crippen molar-refractivity contribution in [3.8, 4) is 5.75 Å². The van der Waals surface area contributed by atoms with Gasteiger partial charge in [-0.25, -0.2) is 0 Å². The molecule has 2 aromatic carbocycles. The van der Waals surface area contributed by atoms with Crippen molar-refractivity contribution in [2.45, 2.75) is 18.4 Å². The molecule has 2 unspecified atom stereocenters. The van der Waals surface area contributed by atoms with Crippen LogP contribution >= 0.6 is 23.2 Å². The van der Waals surface area contributed by atoms with Crippen molar-refractivity contribution in [1.29, 1.82) is 0 Å². The van der Waals surface area contributed by atoms with Gasteiger partial charge in [0, 0.05) is 17.5 Å². The second kappa shape index (κ2) is 6.69. The summed E-state index contributed by atoms with van der Waals surface area (Å²) in [6.07, 6.45) is 1.10. The molecule has 3 rings (SSSR count). The maximum absolute atomic E-state index is 6.21. The van der Waals surface area contributed by atoms with Gasteiger partial charge in [-0.2, -0.15) is 0 Å². The van der Waals surface area contributed by atoms with E-state index in [1.54, 1.807) is 12.1 Å². The van der Waals surface area contributed by atoms with E-state index in [0.29, 0.717) is 21.7 Å². The summed E-state index contributed by atoms with van der Waals surface area (Å²) in [7, 11) is 0. The average molecular weight is 321 g/mol. The average Bonchev–Trinajstić information content (AvgIpc) is 2.51. The van der Waals surface area contributed by atoms with Gasteiger partial charge in [-0.1, -0.05) is 47.5 Å². The van der Waals surface area contributed by atoms with Crippen LogP contribution in [0.1, 0.15) is 17.9 Å². The summed E-state index contributed by atoms with van der Waals surface area (Å²) in [5.41, 5.74) is 1.28. The van der Waals surface area contributed by atoms with Crippen molar-refractivity contribution in [3.63, 3.8) is 0 Å². The van der Waals surface area contributed by atoms with Gasteiger partial charge in [0.25, 0.3) is 0 Å². The Balaban J connectivity index is 1.81. The predicted octanol–water partition coefficient (Wildman–Crippen LogP) is 4.32. The molecule has 1 radical (unpaired) electrons. The Kier molecular flexibility index (Phi) is 4.69. The molecule has 1 aliphatic heterocycles. The first-order valence-corrected chi connectivity index (χ1v) is 7.78. The molecule has 1 fully saturated rings. The second-order valence-electron chi connectivity index (χ2n) is 5.16. The SMILES string of the molecule is Clc1ccc(OC2CNCCC2c2cc[c]cc2)c(Cl)c1. The lowest BCUT2D eigenvalue weighted by Crippen LogP contribution is -2.42. The van der Waals surface area contributed by atoms with Crippen molar-refractivity contribution in [2.75, 3.05) is 13.1 Å². The third-order valence-electron chi connectivity index (χ3n) is 3.77. The van der Waals surface area contributed by atoms with E-state index < -0.39 is 0 Å². The first-order valence-electron chi connectivity index (χ1n) is 7.02. The van der Waals surface area contributed by atoms with Crippen LogP contribution in [0, 0.1) is 6.07 Å². The zero-order chi connectivity index (χ0) is 14.7. The van der Waals surface area contributed by atoms with E-state index in [0.717, 1.165) is 19.5 Å². The first-order chi connectivity index (χ1) is 10.2. The fourth-order valence-corrected chi connectivity index (χ4v) is 3.17. The van der Waals surface area contributed by atoms with Gasteiger partial charge in [-0.3, -0.25) is 0 Å². The van der Waals surface area contributed by atoms with E-state index in [2.05, 4.69) is 23.5 Å². The minimum absolute atomic E-state index is 0.0554. The van der Waals surface area contributed by atoms with E-state index >= 15 is 0 Å². The lowest BCUT2D eigenvalue weighted by Gasteiger charge is -2.33. The third-order valence-corrected chi connectivity index (χ3v) is 4.30. The number of hydrogen-bond donors (Lipinski definition) is 1. The topological polar surface area (TPSA) is 21.3 Å². The van der Waals surface area contributed by atoms with Crippen molar-refractivity contribution in [3.05, 3.63) is 64.1 Å². The summed E-state index contributed by atoms with van der Waals surface area (Å²) >= 11 is 12.1. The standard InChI is InChI=1S/C17H16Cl2NO/c18-13-6-7-16(15(19)10-13)21-17-11-20-9-8-14(17)12-4-2-1-3-5-12/h2-7,10,14,17,20H,8-9,11H2. The number of ether oxygens (including phenoxy) is 1. The van der Waals surface area contributed by atoms with Crippen LogP contribution in [0.5, 0.6) is 5.75 Å². The van der Waals surface area contributed by atoms with Crippen LogP contribution in [-0.2, 0) is 0 Å². The highest BCUT2D eigenvalue weighted by atomic mass is 35.5. The Labute approximate surface area is 135 Å². The summed E-state index contributed by atoms with van der Waals surface area (Å²) in [5, 5.41) is 4.55. The Bertz CT molecular complexity index is 603. The molecule has 0 bridgehead atoms. The maximum Gasteiger partial charge on any atom is 0.138 e. The van der Waals surface area contributed by atoms with E-state index in [1.807, 2.05) is 18.2 Å². The summed E-state index contributed by atoms with van der Waals surface area (Å²) in [4.78, 5) is 0. The van der Waals surface area contributed by atoms with Gasteiger partial charge in [0.05, 0.1) is 5.02 Å². The van der Waals surface area contributed by atoms with Crippen LogP contribution in [0.2, 0.25) is 10.0 Å². The molecule has 0 aromatic heterocycles. The van der Waals surface area contributed by atoms with Crippen molar-refractivity contribution < 1.29 is 4.74 Å². The molecule has 2 nitrogen and oxygen atoms in total. The van der Waals surface area contributed by atoms with Gasteiger partial charge in [0.15, 0.2) is 0 Å². The molecule has 21 heavy (non-hydrogen) atoms. The highest BCUT2D eigenvalue weighted by Crippen LogP contribution is 2.33. The highest BCUT2D eigenvalue weighted by Gasteiger charge is 2.28. The van der Waals surface area contributed by atoms with E-state index in [4.69, 9.17) is 27.9 Å². The molecule has 109 valence electrons. The highest BCUT2D eigenvalue weighted by molar-refractivity contribution is 6.35. The molecule has 0 aliphatic carbocycles. The van der Waals surface area contributed by atoms with Gasteiger partial charge in [-0.15, -0.1) is 0 Å².